The first-order valence-electron chi connectivity index (χ1n) is 45.0. The van der Waals surface area contributed by atoms with Crippen LogP contribution >= 0.6 is 0 Å². The molecule has 1 rings (SSSR count). The zero-order valence-electron chi connectivity index (χ0n) is 72.7. The monoisotopic (exact) mass is 1680 g/mol. The topological polar surface area (TPSA) is 361 Å². The van der Waals surface area contributed by atoms with Gasteiger partial charge in [0.05, 0.1) is 210 Å². The van der Waals surface area contributed by atoms with Crippen molar-refractivity contribution in [2.45, 2.75) is 320 Å². The van der Waals surface area contributed by atoms with Crippen LogP contribution in [-0.4, -0.2) is 310 Å². The van der Waals surface area contributed by atoms with E-state index in [9.17, 15) is 39.9 Å². The van der Waals surface area contributed by atoms with Gasteiger partial charge >= 0.3 is 18.0 Å². The Labute approximate surface area is 698 Å². The van der Waals surface area contributed by atoms with Crippen LogP contribution in [0.5, 0.6) is 0 Å². The lowest BCUT2D eigenvalue weighted by Crippen LogP contribution is -2.60. The Kier molecular flexibility index (Phi) is 84.2. The smallest absolute Gasteiger partial charge is 0.410 e. The average Bonchev–Trinajstić information content (AvgIpc) is 0.818. The van der Waals surface area contributed by atoms with E-state index in [0.29, 0.717) is 190 Å². The number of aliphatic hydroxyl groups is 5. The number of alkyl carbamates (subject to hydrolysis) is 1. The van der Waals surface area contributed by atoms with Crippen molar-refractivity contribution >= 4 is 23.7 Å². The molecule has 30 nitrogen and oxygen atoms in total. The molecule has 8 atom stereocenters. The number of rotatable bonds is 93. The highest BCUT2D eigenvalue weighted by atomic mass is 16.7. The zero-order valence-corrected chi connectivity index (χ0v) is 72.7. The molecule has 0 radical (unpaired) electrons. The molecule has 0 saturated carbocycles. The lowest BCUT2D eigenvalue weighted by atomic mass is 9.98. The minimum atomic E-state index is -1.77. The molecule has 1 heterocycles. The third-order valence-corrected chi connectivity index (χ3v) is 19.5. The molecule has 0 spiro atoms. The van der Waals surface area contributed by atoms with Gasteiger partial charge in [0.15, 0.2) is 6.29 Å². The minimum absolute atomic E-state index is 0.111. The van der Waals surface area contributed by atoms with Crippen LogP contribution in [0.25, 0.3) is 0 Å². The summed E-state index contributed by atoms with van der Waals surface area (Å²) in [6.45, 7) is 16.6. The Morgan fingerprint density at radius 3 is 1.03 bits per heavy atom. The summed E-state index contributed by atoms with van der Waals surface area (Å²) >= 11 is 0. The first kappa shape index (κ1) is 111. The van der Waals surface area contributed by atoms with Crippen LogP contribution in [0.3, 0.4) is 0 Å². The highest BCUT2D eigenvalue weighted by molar-refractivity contribution is 5.85. The number of nitrogens with zero attached hydrogens (tertiary/aromatic N) is 1. The van der Waals surface area contributed by atoms with Crippen molar-refractivity contribution < 1.29 is 135 Å². The number of esters is 2. The number of hydrogen-bond donors (Lipinski definition) is 6. The molecule has 0 aromatic carbocycles. The Hall–Kier alpha value is -3.16. The van der Waals surface area contributed by atoms with E-state index in [2.05, 4.69) is 24.3 Å². The number of carbonyl (C=O) groups excluding carboxylic acids is 3. The number of amides is 1. The Morgan fingerprint density at radius 2 is 0.698 bits per heavy atom. The van der Waals surface area contributed by atoms with E-state index in [1.807, 2.05) is 0 Å². The normalized spacial score (nSPS) is 16.6. The maximum absolute atomic E-state index is 13.6. The van der Waals surface area contributed by atoms with Gasteiger partial charge in [-0.2, -0.15) is 0 Å². The molecule has 1 aliphatic heterocycles. The highest BCUT2D eigenvalue weighted by Crippen LogP contribution is 2.25. The molecular formula is C86H166N2O28. The summed E-state index contributed by atoms with van der Waals surface area (Å²) < 4.78 is 104. The third-order valence-electron chi connectivity index (χ3n) is 19.5. The minimum Gasteiger partial charge on any atom is -0.460 e. The summed E-state index contributed by atoms with van der Waals surface area (Å²) in [5.74, 6) is -1.18. The maximum Gasteiger partial charge on any atom is 0.410 e. The Bertz CT molecular complexity index is 2100. The predicted octanol–water partition coefficient (Wildman–Crippen LogP) is 12.2. The number of methoxy groups -OCH3 is 1. The third kappa shape index (κ3) is 73.5. The van der Waals surface area contributed by atoms with Crippen molar-refractivity contribution in [2.24, 2.45) is 5.16 Å². The van der Waals surface area contributed by atoms with Crippen LogP contribution in [0.2, 0.25) is 0 Å². The molecule has 6 N–H and O–H groups in total. The van der Waals surface area contributed by atoms with Crippen molar-refractivity contribution in [3.8, 4) is 0 Å². The van der Waals surface area contributed by atoms with E-state index in [0.717, 1.165) is 44.9 Å². The summed E-state index contributed by atoms with van der Waals surface area (Å²) in [7, 11) is 1.64. The van der Waals surface area contributed by atoms with Crippen LogP contribution in [0, 0.1) is 0 Å². The van der Waals surface area contributed by atoms with Crippen molar-refractivity contribution in [2.75, 3.05) is 212 Å². The molecule has 1 amide bonds. The maximum atomic E-state index is 13.6. The molecule has 116 heavy (non-hydrogen) atoms. The summed E-state index contributed by atoms with van der Waals surface area (Å²) in [5.41, 5.74) is 0.504. The zero-order chi connectivity index (χ0) is 84.0. The van der Waals surface area contributed by atoms with E-state index in [4.69, 9.17) is 94.8 Å². The molecule has 1 saturated heterocycles. The van der Waals surface area contributed by atoms with E-state index in [1.54, 1.807) is 14.0 Å². The molecule has 30 heteroatoms. The van der Waals surface area contributed by atoms with Gasteiger partial charge in [-0.3, -0.25) is 9.59 Å². The van der Waals surface area contributed by atoms with Crippen molar-refractivity contribution in [3.05, 3.63) is 0 Å². The van der Waals surface area contributed by atoms with Gasteiger partial charge in [-0.1, -0.05) is 231 Å². The summed E-state index contributed by atoms with van der Waals surface area (Å²) in [4.78, 5) is 45.1. The number of carbonyl (C=O) groups is 3. The highest BCUT2D eigenvalue weighted by Gasteiger charge is 2.45. The van der Waals surface area contributed by atoms with Crippen molar-refractivity contribution in [3.63, 3.8) is 0 Å². The number of oxime groups is 1. The second-order valence-corrected chi connectivity index (χ2v) is 29.7. The van der Waals surface area contributed by atoms with E-state index in [1.165, 1.54) is 167 Å². The number of ether oxygens (including phenoxy) is 19. The Morgan fingerprint density at radius 1 is 0.379 bits per heavy atom. The molecule has 0 aromatic heterocycles. The van der Waals surface area contributed by atoms with Crippen molar-refractivity contribution in [1.29, 1.82) is 0 Å². The van der Waals surface area contributed by atoms with Gasteiger partial charge in [0, 0.05) is 13.5 Å². The SMILES string of the molecule is CCCCCCCCCCCCCCCCCCCCCCCCCC(=O)O[C@H](CCCCCCCCCCCCCC)[C@@H](O)[C@H](CO[C@H]1O[C@H](CO)[C@H](O)[C@H](O)[C@H]1O)NC(=O)OCOC(=O)CC/C(C)=N/OCCOCCOCCOCCOCCOCCOCCOCCOCCOCCOCCOCCOCCOCCOC. The molecule has 688 valence electrons. The number of unbranched alkanes of at least 4 members (excludes halogenated alkanes) is 33. The van der Waals surface area contributed by atoms with Gasteiger partial charge in [0.2, 0.25) is 6.79 Å². The van der Waals surface area contributed by atoms with E-state index >= 15 is 0 Å². The number of aliphatic hydroxyl groups excluding tert-OH is 5. The molecule has 0 bridgehead atoms. The fourth-order valence-electron chi connectivity index (χ4n) is 12.5. The fraction of sp³-hybridized carbons (Fsp3) is 0.953. The number of hydrogen-bond acceptors (Lipinski definition) is 29. The van der Waals surface area contributed by atoms with Gasteiger partial charge in [0.1, 0.15) is 43.2 Å². The van der Waals surface area contributed by atoms with E-state index < -0.39 is 87.0 Å². The molecule has 0 aromatic rings. The van der Waals surface area contributed by atoms with Crippen LogP contribution in [0.4, 0.5) is 4.79 Å². The summed E-state index contributed by atoms with van der Waals surface area (Å²) in [6, 6.07) is -1.37. The largest absolute Gasteiger partial charge is 0.460 e. The van der Waals surface area contributed by atoms with Gasteiger partial charge in [-0.05, 0) is 32.6 Å². The molecule has 0 unspecified atom stereocenters. The van der Waals surface area contributed by atoms with Crippen LogP contribution < -0.4 is 5.32 Å². The first-order chi connectivity index (χ1) is 57.0. The lowest BCUT2D eigenvalue weighted by molar-refractivity contribution is -0.303. The van der Waals surface area contributed by atoms with Gasteiger partial charge in [-0.25, -0.2) is 4.79 Å². The molecule has 1 fully saturated rings. The second-order valence-electron chi connectivity index (χ2n) is 29.7. The van der Waals surface area contributed by atoms with Gasteiger partial charge in [-0.15, -0.1) is 0 Å². The molecular weight excluding hydrogens is 1510 g/mol. The fourth-order valence-corrected chi connectivity index (χ4v) is 12.5. The van der Waals surface area contributed by atoms with Gasteiger partial charge < -0.3 is 126 Å². The second kappa shape index (κ2) is 88.2. The standard InChI is InChI=1S/C86H166N2O28/c1-5-7-9-11-13-15-17-19-20-21-22-23-24-25-26-27-28-29-31-33-35-37-39-41-80(91)115-77(40-38-36-34-32-30-18-16-14-12-10-8-6-2)81(92)76(73-111-85-84(95)83(94)82(93)78(72-89)116-85)87-86(96)113-74-112-79(90)43-42-75(3)88-114-71-70-110-69-68-109-67-66-108-65-64-107-63-62-106-61-60-105-59-58-104-57-56-103-55-54-102-53-52-101-51-50-100-49-48-99-47-46-98-45-44-97-4/h76-78,81-85,89,92-95H,5-74H2,1-4H3,(H,87,96)/b88-75+/t76-,77+,78+,81-,82-,83-,84+,85-/m0/s1. The predicted molar refractivity (Wildman–Crippen MR) is 443 cm³/mol. The number of nitrogens with one attached hydrogen (secondary N) is 1. The average molecular weight is 1680 g/mol. The van der Waals surface area contributed by atoms with E-state index in [-0.39, 0.29) is 38.9 Å². The van der Waals surface area contributed by atoms with Gasteiger partial charge in [0.25, 0.3) is 0 Å². The quantitative estimate of drug-likeness (QED) is 0.0108. The first-order valence-corrected chi connectivity index (χ1v) is 45.0. The van der Waals surface area contributed by atoms with Crippen molar-refractivity contribution in [1.82, 2.24) is 5.32 Å². The lowest BCUT2D eigenvalue weighted by Gasteiger charge is -2.40. The summed E-state index contributed by atoms with van der Waals surface area (Å²) in [6.07, 6.45) is 31.1. The molecule has 0 aliphatic carbocycles. The van der Waals surface area contributed by atoms with Crippen LogP contribution in [0.15, 0.2) is 5.16 Å². The van der Waals surface area contributed by atoms with Crippen LogP contribution in [-0.2, 0) is 104 Å². The van der Waals surface area contributed by atoms with Crippen LogP contribution in [0.1, 0.15) is 271 Å². The Balaban J connectivity index is 2.36. The summed E-state index contributed by atoms with van der Waals surface area (Å²) in [5, 5.41) is 60.2. The molecule has 1 aliphatic rings.